The lowest BCUT2D eigenvalue weighted by molar-refractivity contribution is -0.120. The molecule has 0 bridgehead atoms. The lowest BCUT2D eigenvalue weighted by atomic mass is 9.75. The fourth-order valence-electron chi connectivity index (χ4n) is 2.10. The van der Waals surface area contributed by atoms with Gasteiger partial charge in [-0.15, -0.1) is 0 Å². The number of carbonyl (C=O) groups excluding carboxylic acids is 1. The smallest absolute Gasteiger partial charge is 0.136 e. The van der Waals surface area contributed by atoms with Gasteiger partial charge in [-0.25, -0.2) is 0 Å². The van der Waals surface area contributed by atoms with Gasteiger partial charge in [0.05, 0.1) is 0 Å². The predicted octanol–water partition coefficient (Wildman–Crippen LogP) is 3.20. The third kappa shape index (κ3) is 2.43. The molecule has 1 heteroatoms. The summed E-state index contributed by atoms with van der Waals surface area (Å²) in [5.41, 5.74) is 1.28. The fraction of sp³-hybridized carbons (Fsp3) is 0.750. The molecule has 0 aromatic carbocycles. The summed E-state index contributed by atoms with van der Waals surface area (Å²) in [5, 5.41) is 0. The van der Waals surface area contributed by atoms with Crippen LogP contribution in [0.1, 0.15) is 40.5 Å². The molecular weight excluding hydrogens is 160 g/mol. The number of ketones is 1. The largest absolute Gasteiger partial charge is 0.299 e. The minimum absolute atomic E-state index is 0.209. The summed E-state index contributed by atoms with van der Waals surface area (Å²) < 4.78 is 0. The van der Waals surface area contributed by atoms with Gasteiger partial charge >= 0.3 is 0 Å². The van der Waals surface area contributed by atoms with E-state index in [4.69, 9.17) is 0 Å². The van der Waals surface area contributed by atoms with Crippen molar-refractivity contribution in [2.45, 2.75) is 40.5 Å². The van der Waals surface area contributed by atoms with Crippen LogP contribution in [-0.4, -0.2) is 5.78 Å². The molecule has 1 rings (SSSR count). The number of hydrogen-bond acceptors (Lipinski definition) is 1. The van der Waals surface area contributed by atoms with Crippen molar-refractivity contribution in [3.05, 3.63) is 11.6 Å². The molecule has 0 aliphatic heterocycles. The number of hydrogen-bond donors (Lipinski definition) is 0. The predicted molar refractivity (Wildman–Crippen MR) is 55.5 cm³/mol. The van der Waals surface area contributed by atoms with Crippen molar-refractivity contribution in [2.24, 2.45) is 17.8 Å². The van der Waals surface area contributed by atoms with Gasteiger partial charge < -0.3 is 0 Å². The maximum atomic E-state index is 11.3. The summed E-state index contributed by atoms with van der Waals surface area (Å²) >= 11 is 0. The van der Waals surface area contributed by atoms with Crippen LogP contribution in [0.5, 0.6) is 0 Å². The summed E-state index contributed by atoms with van der Waals surface area (Å²) in [7, 11) is 0. The molecule has 0 saturated heterocycles. The maximum absolute atomic E-state index is 11.3. The van der Waals surface area contributed by atoms with Crippen LogP contribution in [0.15, 0.2) is 11.6 Å². The van der Waals surface area contributed by atoms with Crippen LogP contribution in [0.3, 0.4) is 0 Å². The first-order valence-corrected chi connectivity index (χ1v) is 5.19. The SMILES string of the molecule is CC(=O)[C@H]1C[C@@H](C(C)C)CC=C1C. The number of Topliss-reactive ketones (excluding diaryl/α,β-unsaturated/α-hetero) is 1. The fourth-order valence-corrected chi connectivity index (χ4v) is 2.10. The molecule has 0 fully saturated rings. The summed E-state index contributed by atoms with van der Waals surface area (Å²) in [6.07, 6.45) is 4.48. The molecular formula is C12H20O. The van der Waals surface area contributed by atoms with Crippen LogP contribution in [0.2, 0.25) is 0 Å². The van der Waals surface area contributed by atoms with Gasteiger partial charge in [0.15, 0.2) is 0 Å². The molecule has 13 heavy (non-hydrogen) atoms. The van der Waals surface area contributed by atoms with Gasteiger partial charge in [0, 0.05) is 5.92 Å². The Morgan fingerprint density at radius 3 is 2.62 bits per heavy atom. The van der Waals surface area contributed by atoms with Crippen molar-refractivity contribution in [1.29, 1.82) is 0 Å². The first kappa shape index (κ1) is 10.5. The second-order valence-electron chi connectivity index (χ2n) is 4.59. The Labute approximate surface area is 81.2 Å². The van der Waals surface area contributed by atoms with E-state index < -0.39 is 0 Å². The van der Waals surface area contributed by atoms with Crippen molar-refractivity contribution in [2.75, 3.05) is 0 Å². The van der Waals surface area contributed by atoms with Gasteiger partial charge in [-0.1, -0.05) is 25.5 Å². The molecule has 1 nitrogen and oxygen atoms in total. The molecule has 2 atom stereocenters. The zero-order chi connectivity index (χ0) is 10.0. The summed E-state index contributed by atoms with van der Waals surface area (Å²) in [5.74, 6) is 1.95. The Balaban J connectivity index is 2.71. The van der Waals surface area contributed by atoms with E-state index in [-0.39, 0.29) is 5.92 Å². The Morgan fingerprint density at radius 1 is 1.54 bits per heavy atom. The van der Waals surface area contributed by atoms with Gasteiger partial charge in [-0.2, -0.15) is 0 Å². The second-order valence-corrected chi connectivity index (χ2v) is 4.59. The van der Waals surface area contributed by atoms with Gasteiger partial charge in [0.25, 0.3) is 0 Å². The molecule has 0 aromatic heterocycles. The molecule has 0 aromatic rings. The average Bonchev–Trinajstić information content (AvgIpc) is 2.04. The zero-order valence-corrected chi connectivity index (χ0v) is 9.13. The van der Waals surface area contributed by atoms with E-state index >= 15 is 0 Å². The van der Waals surface area contributed by atoms with E-state index in [2.05, 4.69) is 26.8 Å². The Hall–Kier alpha value is -0.590. The van der Waals surface area contributed by atoms with Crippen LogP contribution in [0.25, 0.3) is 0 Å². The highest BCUT2D eigenvalue weighted by Gasteiger charge is 2.26. The lowest BCUT2D eigenvalue weighted by Crippen LogP contribution is -2.23. The van der Waals surface area contributed by atoms with Crippen molar-refractivity contribution >= 4 is 5.78 Å². The highest BCUT2D eigenvalue weighted by atomic mass is 16.1. The molecule has 1 aliphatic carbocycles. The van der Waals surface area contributed by atoms with Crippen LogP contribution >= 0.6 is 0 Å². The van der Waals surface area contributed by atoms with Crippen LogP contribution < -0.4 is 0 Å². The summed E-state index contributed by atoms with van der Waals surface area (Å²) in [6, 6.07) is 0. The summed E-state index contributed by atoms with van der Waals surface area (Å²) in [6.45, 7) is 8.29. The molecule has 74 valence electrons. The van der Waals surface area contributed by atoms with Crippen LogP contribution in [-0.2, 0) is 4.79 Å². The van der Waals surface area contributed by atoms with Gasteiger partial charge in [0.1, 0.15) is 5.78 Å². The first-order chi connectivity index (χ1) is 6.02. The molecule has 0 N–H and O–H groups in total. The third-order valence-electron chi connectivity index (χ3n) is 3.26. The number of allylic oxidation sites excluding steroid dienone is 2. The number of carbonyl (C=O) groups is 1. The van der Waals surface area contributed by atoms with E-state index in [9.17, 15) is 4.79 Å². The molecule has 0 saturated carbocycles. The van der Waals surface area contributed by atoms with Gasteiger partial charge in [-0.3, -0.25) is 4.79 Å². The van der Waals surface area contributed by atoms with E-state index in [0.29, 0.717) is 17.6 Å². The molecule has 0 radical (unpaired) electrons. The molecule has 0 amide bonds. The molecule has 0 spiro atoms. The quantitative estimate of drug-likeness (QED) is 0.596. The Bertz CT molecular complexity index is 225. The van der Waals surface area contributed by atoms with Crippen molar-refractivity contribution in [3.8, 4) is 0 Å². The average molecular weight is 180 g/mol. The Morgan fingerprint density at radius 2 is 2.15 bits per heavy atom. The topological polar surface area (TPSA) is 17.1 Å². The second kappa shape index (κ2) is 4.08. The van der Waals surface area contributed by atoms with Gasteiger partial charge in [0.2, 0.25) is 0 Å². The Kier molecular flexibility index (Phi) is 3.29. The van der Waals surface area contributed by atoms with E-state index in [1.807, 2.05) is 0 Å². The van der Waals surface area contributed by atoms with Crippen LogP contribution in [0, 0.1) is 17.8 Å². The van der Waals surface area contributed by atoms with Crippen molar-refractivity contribution in [3.63, 3.8) is 0 Å². The zero-order valence-electron chi connectivity index (χ0n) is 9.13. The van der Waals surface area contributed by atoms with E-state index in [0.717, 1.165) is 12.8 Å². The van der Waals surface area contributed by atoms with E-state index in [1.165, 1.54) is 5.57 Å². The highest BCUT2D eigenvalue weighted by molar-refractivity contribution is 5.81. The van der Waals surface area contributed by atoms with E-state index in [1.54, 1.807) is 6.92 Å². The monoisotopic (exact) mass is 180 g/mol. The number of rotatable bonds is 2. The van der Waals surface area contributed by atoms with Crippen molar-refractivity contribution < 1.29 is 4.79 Å². The minimum Gasteiger partial charge on any atom is -0.299 e. The molecule has 1 aliphatic rings. The summed E-state index contributed by atoms with van der Waals surface area (Å²) in [4.78, 5) is 11.3. The maximum Gasteiger partial charge on any atom is 0.136 e. The normalized spacial score (nSPS) is 28.8. The molecule has 0 heterocycles. The van der Waals surface area contributed by atoms with Gasteiger partial charge in [-0.05, 0) is 38.5 Å². The lowest BCUT2D eigenvalue weighted by Gasteiger charge is -2.29. The minimum atomic E-state index is 0.209. The first-order valence-electron chi connectivity index (χ1n) is 5.19. The van der Waals surface area contributed by atoms with Crippen LogP contribution in [0.4, 0.5) is 0 Å². The third-order valence-corrected chi connectivity index (χ3v) is 3.26. The standard InChI is InChI=1S/C12H20O/c1-8(2)11-6-5-9(3)12(7-11)10(4)13/h5,8,11-12H,6-7H2,1-4H3/t11-,12-/m0/s1. The van der Waals surface area contributed by atoms with Crippen molar-refractivity contribution in [1.82, 2.24) is 0 Å². The highest BCUT2D eigenvalue weighted by Crippen LogP contribution is 2.33. The molecule has 0 unspecified atom stereocenters.